The molecule has 9 rings (SSSR count). The molecule has 11 N–H and O–H groups in total. The van der Waals surface area contributed by atoms with Crippen LogP contribution in [0, 0.1) is 54.3 Å². The smallest absolute Gasteiger partial charge is 0.312 e. The summed E-state index contributed by atoms with van der Waals surface area (Å²) in [6.45, 7) is 32.4. The van der Waals surface area contributed by atoms with Gasteiger partial charge in [0.1, 0.15) is 47.3 Å². The molecule has 4 saturated heterocycles. The zero-order valence-corrected chi connectivity index (χ0v) is 72.7. The van der Waals surface area contributed by atoms with Crippen molar-refractivity contribution >= 4 is 52.0 Å². The second-order valence-electron chi connectivity index (χ2n) is 33.9. The van der Waals surface area contributed by atoms with Gasteiger partial charge in [-0.2, -0.15) is 5.10 Å². The predicted molar refractivity (Wildman–Crippen MR) is 433 cm³/mol. The van der Waals surface area contributed by atoms with Crippen molar-refractivity contribution in [2.75, 3.05) is 94.0 Å². The Hall–Kier alpha value is -6.74. The number of anilines is 1. The number of aliphatic hydroxyl groups is 7. The molecule has 7 aliphatic heterocycles. The largest absolute Gasteiger partial charge is 0.507 e. The first-order chi connectivity index (χ1) is 54.7. The maximum atomic E-state index is 14.4. The summed E-state index contributed by atoms with van der Waals surface area (Å²) in [5.74, 6) is -12.5. The van der Waals surface area contributed by atoms with Crippen molar-refractivity contribution in [3.8, 4) is 23.0 Å². The quantitative estimate of drug-likeness (QED) is 0.0152. The lowest BCUT2D eigenvalue weighted by molar-refractivity contribution is -0.317. The molecule has 0 aliphatic carbocycles. The third kappa shape index (κ3) is 22.3. The van der Waals surface area contributed by atoms with E-state index in [9.17, 15) is 70.2 Å². The number of likely N-dealkylation sites (N-methyl/N-ethyl adjacent to an activating group) is 2. The first-order valence-corrected chi connectivity index (χ1v) is 40.5. The zero-order chi connectivity index (χ0) is 87.6. The fraction of sp³-hybridized carbons (Fsp3) is 0.738. The molecule has 33 heteroatoms. The molecule has 33 nitrogen and oxygen atoms in total. The minimum Gasteiger partial charge on any atom is -0.507 e. The van der Waals surface area contributed by atoms with E-state index < -0.39 is 191 Å². The number of carbonyl (C=O) groups excluding carboxylic acids is 4. The fourth-order valence-electron chi connectivity index (χ4n) is 16.9. The molecule has 0 aromatic heterocycles. The van der Waals surface area contributed by atoms with Crippen LogP contribution in [0.1, 0.15) is 165 Å². The molecule has 1 amide bonds. The Kier molecular flexibility index (Phi) is 34.3. The molecule has 5 bridgehead atoms. The van der Waals surface area contributed by atoms with Gasteiger partial charge in [-0.05, 0) is 102 Å². The standard InChI is InChI=1S/C43H58N4O12.C41H76N2O15/c1-21-12-11-13-22(2)42(55)45-33-28(20-44-47-17-15-46(9)16-18-47)37(52)30-31(38(33)53)36(51)26(6)40-32(30)41(54)43(8,59-40)57-19-14-29(56-10)23(3)39(58-27(7)48)25(5)35(50)24(4)34(21)49;1-15-29-41(10,49)34(45)24(4)31(42-53-21-52-17-16-50-13)22(2)19-39(8,48)36(58-38-32(44)28(43(11)12)18-23(3)54-38)25(5)33(26(6)37(47)56-29)57-30-20-40(9,51-14)35(46)27(7)55-30/h11-14,19-21,23-25,29,34-35,39,49-53H,15-18H2,1-10H3,(H,45,55);22-30,32-36,38,44-46,48-49H,15-21H2,1-14H3/b12-11+,19-14+,22-13-,44-20+;42-31+/t21-,23+,24+,25+,29-,34-,35+,39+,43-;22-,23-,24+,25+,26-,27+,28+,29-,30+,32-,33+,34-,35+,36-,38+,39-,40-,41-/m01/s1. The number of rotatable bonds is 17. The Balaban J connectivity index is 0.000000323. The highest BCUT2D eigenvalue weighted by molar-refractivity contribution is 6.24. The fourth-order valence-corrected chi connectivity index (χ4v) is 16.9. The summed E-state index contributed by atoms with van der Waals surface area (Å²) in [5.41, 5.74) is -4.84. The van der Waals surface area contributed by atoms with E-state index in [1.165, 1.54) is 73.5 Å². The van der Waals surface area contributed by atoms with Crippen molar-refractivity contribution in [1.29, 1.82) is 0 Å². The van der Waals surface area contributed by atoms with Crippen LogP contribution >= 0.6 is 0 Å². The third-order valence-corrected chi connectivity index (χ3v) is 24.5. The van der Waals surface area contributed by atoms with Crippen molar-refractivity contribution in [1.82, 2.24) is 14.8 Å². The number of phenolic OH excluding ortho intramolecular Hbond substituents is 3. The van der Waals surface area contributed by atoms with Gasteiger partial charge in [0.25, 0.3) is 11.7 Å². The number of benzene rings is 2. The number of ketones is 1. The summed E-state index contributed by atoms with van der Waals surface area (Å²) in [5, 5.41) is 130. The van der Waals surface area contributed by atoms with Crippen molar-refractivity contribution in [2.24, 2.45) is 57.6 Å². The third-order valence-electron chi connectivity index (χ3n) is 24.5. The molecule has 27 atom stereocenters. The number of amides is 1. The van der Waals surface area contributed by atoms with Crippen molar-refractivity contribution < 1.29 is 132 Å². The molecular weight excluding hydrogens is 1520 g/mol. The molecule has 2 aromatic carbocycles. The molecule has 4 fully saturated rings. The van der Waals surface area contributed by atoms with Crippen LogP contribution in [0.2, 0.25) is 0 Å². The van der Waals surface area contributed by atoms with Gasteiger partial charge >= 0.3 is 17.7 Å². The van der Waals surface area contributed by atoms with Crippen LogP contribution in [0.3, 0.4) is 0 Å². The summed E-state index contributed by atoms with van der Waals surface area (Å²) in [7, 11) is 10.2. The second kappa shape index (κ2) is 41.2. The topological polar surface area (TPSA) is 437 Å². The number of ether oxygens (including phenoxy) is 12. The van der Waals surface area contributed by atoms with E-state index in [0.717, 1.165) is 13.1 Å². The second-order valence-corrected chi connectivity index (χ2v) is 33.9. The number of carbonyl (C=O) groups is 4. The molecular formula is C84H134N6O27. The number of fused-ring (bicyclic) bond motifs is 14. The van der Waals surface area contributed by atoms with Gasteiger partial charge < -0.3 is 128 Å². The van der Waals surface area contributed by atoms with Crippen LogP contribution in [0.25, 0.3) is 10.8 Å². The molecule has 2 aromatic rings. The van der Waals surface area contributed by atoms with Gasteiger partial charge in [0.15, 0.2) is 18.3 Å². The molecule has 0 unspecified atom stereocenters. The lowest BCUT2D eigenvalue weighted by Gasteiger charge is -2.49. The van der Waals surface area contributed by atoms with Crippen LogP contribution in [-0.2, 0) is 71.3 Å². The summed E-state index contributed by atoms with van der Waals surface area (Å²) in [4.78, 5) is 64.4. The number of allylic oxidation sites excluding steroid dienone is 2. The average molecular weight is 1660 g/mol. The normalized spacial score (nSPS) is 38.9. The number of nitrogens with zero attached hydrogens (tertiary/aromatic N) is 5. The van der Waals surface area contributed by atoms with E-state index in [-0.39, 0.29) is 89.3 Å². The lowest BCUT2D eigenvalue weighted by atomic mass is 9.73. The number of methoxy groups -OCH3 is 3. The van der Waals surface area contributed by atoms with Crippen LogP contribution in [0.15, 0.2) is 46.4 Å². The number of hydrogen-bond acceptors (Lipinski definition) is 32. The molecule has 0 radical (unpaired) electrons. The number of oxime groups is 1. The number of hydrogen-bond donors (Lipinski definition) is 11. The number of aliphatic hydroxyl groups excluding tert-OH is 5. The Morgan fingerprint density at radius 1 is 0.769 bits per heavy atom. The molecule has 7 heterocycles. The number of piperazine rings is 1. The highest BCUT2D eigenvalue weighted by Gasteiger charge is 2.55. The van der Waals surface area contributed by atoms with E-state index in [1.807, 2.05) is 39.9 Å². The van der Waals surface area contributed by atoms with Gasteiger partial charge in [-0.15, -0.1) is 0 Å². The molecule has 0 spiro atoms. The van der Waals surface area contributed by atoms with Gasteiger partial charge in [0.2, 0.25) is 6.79 Å². The first kappa shape index (κ1) is 97.4. The minimum atomic E-state index is -2.04. The Morgan fingerprint density at radius 2 is 1.43 bits per heavy atom. The van der Waals surface area contributed by atoms with Crippen LogP contribution in [-0.4, -0.2) is 305 Å². The van der Waals surface area contributed by atoms with E-state index in [4.69, 9.17) is 61.7 Å². The first-order valence-electron chi connectivity index (χ1n) is 40.5. The van der Waals surface area contributed by atoms with Gasteiger partial charge in [-0.3, -0.25) is 24.2 Å². The van der Waals surface area contributed by atoms with Crippen molar-refractivity contribution in [3.63, 3.8) is 0 Å². The molecule has 662 valence electrons. The van der Waals surface area contributed by atoms with E-state index in [0.29, 0.717) is 31.8 Å². The number of hydrazone groups is 1. The Labute approximate surface area is 688 Å². The summed E-state index contributed by atoms with van der Waals surface area (Å²) in [6.07, 6.45) is -4.63. The molecule has 0 saturated carbocycles. The SMILES string of the molecule is CC[C@H]1OC(=O)[C@H](C)[C@@H](O[C@H]2C[C@@](C)(OC)[C@@H](O)[C@H](C)O2)[C@H](C)[C@@H](O[C@@H]2O[C@H](C)C[C@H](N(C)C)[C@H]2O)[C@](C)(O)C[C@@H](C)/C(=N\OCOCCOC)[C@H](C)[C@@H](O)[C@]1(C)O.CO[C@H]1/C=C/O[C@@]2(C)Oc3c(C)c(O)c4c(O)c(c(/C=N/N5CCN(C)CC5)c(O)c4c3C2=O)NC(=O)/C(C)=C\C=C\[C@H](C)[C@H](O)[C@@H](C)[C@@H](O)[C@@H](C)[C@H](OC(C)=O)[C@@H]1C. The maximum absolute atomic E-state index is 14.4. The Bertz CT molecular complexity index is 3850. The molecule has 7 aliphatic rings. The summed E-state index contributed by atoms with van der Waals surface area (Å²) < 4.78 is 71.7. The lowest BCUT2D eigenvalue weighted by Crippen LogP contribution is -2.61. The number of Topliss-reactive ketones (excluding diaryl/α,β-unsaturated/α-hetero) is 1. The zero-order valence-electron chi connectivity index (χ0n) is 72.7. The van der Waals surface area contributed by atoms with Crippen LogP contribution in [0.4, 0.5) is 5.69 Å². The van der Waals surface area contributed by atoms with Crippen molar-refractivity contribution in [3.05, 3.63) is 52.8 Å². The minimum absolute atomic E-state index is 0.0307. The number of nitrogens with one attached hydrogen (secondary N) is 1. The number of aromatic hydroxyl groups is 3. The van der Waals surface area contributed by atoms with Gasteiger partial charge in [0.05, 0.1) is 120 Å². The van der Waals surface area contributed by atoms with Crippen LogP contribution < -0.4 is 10.1 Å². The van der Waals surface area contributed by atoms with Crippen LogP contribution in [0.5, 0.6) is 23.0 Å². The predicted octanol–water partition coefficient (Wildman–Crippen LogP) is 6.55. The summed E-state index contributed by atoms with van der Waals surface area (Å²) in [6, 6.07) is -0.328. The highest BCUT2D eigenvalue weighted by atomic mass is 16.7. The maximum Gasteiger partial charge on any atom is 0.312 e. The Morgan fingerprint density at radius 3 is 2.03 bits per heavy atom. The van der Waals surface area contributed by atoms with Gasteiger partial charge in [-0.1, -0.05) is 78.8 Å². The number of esters is 2. The van der Waals surface area contributed by atoms with Gasteiger partial charge in [0, 0.05) is 132 Å². The summed E-state index contributed by atoms with van der Waals surface area (Å²) >= 11 is 0. The van der Waals surface area contributed by atoms with E-state index in [1.54, 1.807) is 100 Å². The monoisotopic (exact) mass is 1660 g/mol. The van der Waals surface area contributed by atoms with E-state index >= 15 is 0 Å². The average Bonchev–Trinajstić information content (AvgIpc) is 1.61. The highest BCUT2D eigenvalue weighted by Crippen LogP contribution is 2.55. The molecule has 117 heavy (non-hydrogen) atoms. The number of phenols is 3. The van der Waals surface area contributed by atoms with E-state index in [2.05, 4.69) is 20.5 Å². The van der Waals surface area contributed by atoms with Gasteiger partial charge in [-0.25, -0.2) is 0 Å². The number of cyclic esters (lactones) is 1. The van der Waals surface area contributed by atoms with Crippen molar-refractivity contribution in [2.45, 2.75) is 265 Å².